The van der Waals surface area contributed by atoms with Gasteiger partial charge in [0.15, 0.2) is 0 Å². The SMILES string of the molecule is O=C(OCc1ccccc1)N1C2CCC1CC(O)(c1cc(C(F)(F)F)ccc1F)C2. The molecule has 4 rings (SSSR count). The number of alkyl halides is 3. The summed E-state index contributed by atoms with van der Waals surface area (Å²) in [6.45, 7) is 0.0993. The maximum absolute atomic E-state index is 14.4. The molecule has 0 aromatic heterocycles. The number of hydrogen-bond donors (Lipinski definition) is 1. The van der Waals surface area contributed by atoms with Crippen LogP contribution in [0.5, 0.6) is 0 Å². The lowest BCUT2D eigenvalue weighted by Gasteiger charge is -2.43. The van der Waals surface area contributed by atoms with Gasteiger partial charge in [0.05, 0.1) is 11.2 Å². The van der Waals surface area contributed by atoms with E-state index in [4.69, 9.17) is 4.74 Å². The van der Waals surface area contributed by atoms with E-state index in [1.807, 2.05) is 30.3 Å². The summed E-state index contributed by atoms with van der Waals surface area (Å²) in [5.41, 5.74) is -2.32. The summed E-state index contributed by atoms with van der Waals surface area (Å²) in [5, 5.41) is 11.1. The average molecular weight is 423 g/mol. The summed E-state index contributed by atoms with van der Waals surface area (Å²) < 4.78 is 59.0. The Morgan fingerprint density at radius 2 is 1.73 bits per heavy atom. The minimum atomic E-state index is -4.64. The Labute approximate surface area is 171 Å². The van der Waals surface area contributed by atoms with Crippen molar-refractivity contribution in [2.45, 2.75) is 56.2 Å². The second-order valence-corrected chi connectivity index (χ2v) is 7.96. The number of amides is 1. The number of hydrogen-bond acceptors (Lipinski definition) is 3. The highest BCUT2D eigenvalue weighted by Crippen LogP contribution is 2.47. The van der Waals surface area contributed by atoms with E-state index < -0.39 is 41.3 Å². The van der Waals surface area contributed by atoms with E-state index in [-0.39, 0.29) is 25.0 Å². The first-order valence-corrected chi connectivity index (χ1v) is 9.76. The van der Waals surface area contributed by atoms with Gasteiger partial charge >= 0.3 is 12.3 Å². The number of aliphatic hydroxyl groups is 1. The van der Waals surface area contributed by atoms with E-state index in [0.717, 1.165) is 11.6 Å². The van der Waals surface area contributed by atoms with Crippen LogP contribution in [-0.4, -0.2) is 28.2 Å². The number of carbonyl (C=O) groups is 1. The van der Waals surface area contributed by atoms with Gasteiger partial charge in [-0.25, -0.2) is 9.18 Å². The number of rotatable bonds is 3. The lowest BCUT2D eigenvalue weighted by atomic mass is 9.80. The Balaban J connectivity index is 1.51. The molecule has 2 bridgehead atoms. The van der Waals surface area contributed by atoms with Crippen LogP contribution >= 0.6 is 0 Å². The molecule has 0 spiro atoms. The predicted octanol–water partition coefficient (Wildman–Crippen LogP) is 5.00. The molecule has 160 valence electrons. The maximum Gasteiger partial charge on any atom is 0.416 e. The molecule has 2 fully saturated rings. The van der Waals surface area contributed by atoms with E-state index in [1.165, 1.54) is 0 Å². The van der Waals surface area contributed by atoms with Crippen molar-refractivity contribution < 1.29 is 32.2 Å². The fourth-order valence-corrected chi connectivity index (χ4v) is 4.59. The third-order valence-electron chi connectivity index (χ3n) is 5.98. The average Bonchev–Trinajstić information content (AvgIpc) is 2.98. The largest absolute Gasteiger partial charge is 0.445 e. The zero-order valence-corrected chi connectivity index (χ0v) is 16.0. The molecule has 2 unspecified atom stereocenters. The normalized spacial score (nSPS) is 26.0. The summed E-state index contributed by atoms with van der Waals surface area (Å²) in [6.07, 6.45) is -4.09. The van der Waals surface area contributed by atoms with Crippen LogP contribution in [0.25, 0.3) is 0 Å². The van der Waals surface area contributed by atoms with E-state index in [1.54, 1.807) is 4.90 Å². The molecule has 2 aliphatic heterocycles. The van der Waals surface area contributed by atoms with Crippen LogP contribution in [0.1, 0.15) is 42.4 Å². The zero-order valence-electron chi connectivity index (χ0n) is 16.0. The van der Waals surface area contributed by atoms with Gasteiger partial charge in [0.1, 0.15) is 12.4 Å². The molecule has 2 saturated heterocycles. The monoisotopic (exact) mass is 423 g/mol. The summed E-state index contributed by atoms with van der Waals surface area (Å²) in [7, 11) is 0. The number of carbonyl (C=O) groups excluding carboxylic acids is 1. The van der Waals surface area contributed by atoms with Crippen LogP contribution < -0.4 is 0 Å². The molecule has 30 heavy (non-hydrogen) atoms. The predicted molar refractivity (Wildman–Crippen MR) is 99.8 cm³/mol. The van der Waals surface area contributed by atoms with Crippen LogP contribution in [0, 0.1) is 5.82 Å². The lowest BCUT2D eigenvalue weighted by Crippen LogP contribution is -2.52. The van der Waals surface area contributed by atoms with E-state index in [9.17, 15) is 27.5 Å². The first kappa shape index (κ1) is 20.7. The van der Waals surface area contributed by atoms with Crippen molar-refractivity contribution in [3.8, 4) is 0 Å². The topological polar surface area (TPSA) is 49.8 Å². The fourth-order valence-electron chi connectivity index (χ4n) is 4.59. The van der Waals surface area contributed by atoms with Gasteiger partial charge in [-0.1, -0.05) is 30.3 Å². The zero-order chi connectivity index (χ0) is 21.5. The minimum absolute atomic E-state index is 0.0395. The number of ether oxygens (including phenoxy) is 1. The van der Waals surface area contributed by atoms with Crippen molar-refractivity contribution >= 4 is 6.09 Å². The first-order valence-electron chi connectivity index (χ1n) is 9.76. The Hall–Kier alpha value is -2.61. The number of nitrogens with zero attached hydrogens (tertiary/aromatic N) is 1. The van der Waals surface area contributed by atoms with E-state index in [2.05, 4.69) is 0 Å². The molecule has 2 atom stereocenters. The number of piperidine rings is 1. The number of benzene rings is 2. The van der Waals surface area contributed by atoms with Crippen molar-refractivity contribution in [3.63, 3.8) is 0 Å². The fraction of sp³-hybridized carbons (Fsp3) is 0.409. The quantitative estimate of drug-likeness (QED) is 0.708. The number of fused-ring (bicyclic) bond motifs is 2. The molecule has 1 N–H and O–H groups in total. The van der Waals surface area contributed by atoms with Crippen molar-refractivity contribution in [1.82, 2.24) is 4.90 Å². The molecule has 2 aromatic rings. The first-order chi connectivity index (χ1) is 14.2. The van der Waals surface area contributed by atoms with Gasteiger partial charge in [-0.15, -0.1) is 0 Å². The third-order valence-corrected chi connectivity index (χ3v) is 5.98. The molecule has 8 heteroatoms. The van der Waals surface area contributed by atoms with E-state index >= 15 is 0 Å². The number of halogens is 4. The Kier molecular flexibility index (Phi) is 5.22. The molecule has 2 aliphatic rings. The lowest BCUT2D eigenvalue weighted by molar-refractivity contribution is -0.137. The smallest absolute Gasteiger partial charge is 0.416 e. The highest BCUT2D eigenvalue weighted by molar-refractivity contribution is 5.69. The second kappa shape index (κ2) is 7.58. The summed E-state index contributed by atoms with van der Waals surface area (Å²) in [6, 6.07) is 10.4. The van der Waals surface area contributed by atoms with Crippen molar-refractivity contribution in [2.24, 2.45) is 0 Å². The van der Waals surface area contributed by atoms with Crippen LogP contribution in [0.2, 0.25) is 0 Å². The standard InChI is InChI=1S/C22H21F4NO3/c23-19-9-6-15(22(24,25)26)10-18(19)21(29)11-16-7-8-17(12-21)27(16)20(28)30-13-14-4-2-1-3-5-14/h1-6,9-10,16-17,29H,7-8,11-13H2. The highest BCUT2D eigenvalue weighted by Gasteiger charge is 2.51. The van der Waals surface area contributed by atoms with Crippen molar-refractivity contribution in [3.05, 3.63) is 71.0 Å². The van der Waals surface area contributed by atoms with Gasteiger partial charge in [0.25, 0.3) is 0 Å². The Bertz CT molecular complexity index is 918. The Morgan fingerprint density at radius 3 is 2.33 bits per heavy atom. The molecule has 0 radical (unpaired) electrons. The third kappa shape index (κ3) is 3.88. The second-order valence-electron chi connectivity index (χ2n) is 7.96. The molecule has 0 aliphatic carbocycles. The van der Waals surface area contributed by atoms with Crippen LogP contribution in [0.3, 0.4) is 0 Å². The summed E-state index contributed by atoms with van der Waals surface area (Å²) in [4.78, 5) is 14.2. The molecule has 2 aromatic carbocycles. The van der Waals surface area contributed by atoms with Gasteiger partial charge in [-0.05, 0) is 36.6 Å². The maximum atomic E-state index is 14.4. The molecule has 0 saturated carbocycles. The summed E-state index contributed by atoms with van der Waals surface area (Å²) in [5.74, 6) is -0.884. The van der Waals surface area contributed by atoms with Gasteiger partial charge in [-0.3, -0.25) is 0 Å². The van der Waals surface area contributed by atoms with Gasteiger partial charge in [0.2, 0.25) is 0 Å². The minimum Gasteiger partial charge on any atom is -0.445 e. The van der Waals surface area contributed by atoms with Gasteiger partial charge in [-0.2, -0.15) is 13.2 Å². The summed E-state index contributed by atoms with van der Waals surface area (Å²) >= 11 is 0. The van der Waals surface area contributed by atoms with Crippen molar-refractivity contribution in [2.75, 3.05) is 0 Å². The van der Waals surface area contributed by atoms with Crippen LogP contribution in [0.4, 0.5) is 22.4 Å². The van der Waals surface area contributed by atoms with Gasteiger partial charge in [0, 0.05) is 30.5 Å². The molecule has 1 amide bonds. The van der Waals surface area contributed by atoms with Gasteiger partial charge < -0.3 is 14.7 Å². The molecular weight excluding hydrogens is 402 g/mol. The Morgan fingerprint density at radius 1 is 1.10 bits per heavy atom. The highest BCUT2D eigenvalue weighted by atomic mass is 19.4. The molecular formula is C22H21F4NO3. The van der Waals surface area contributed by atoms with Crippen molar-refractivity contribution in [1.29, 1.82) is 0 Å². The molecule has 4 nitrogen and oxygen atoms in total. The molecule has 2 heterocycles. The van der Waals surface area contributed by atoms with Crippen LogP contribution in [-0.2, 0) is 23.1 Å². The van der Waals surface area contributed by atoms with Crippen LogP contribution in [0.15, 0.2) is 48.5 Å². The van der Waals surface area contributed by atoms with E-state index in [0.29, 0.717) is 25.0 Å².